The largest absolute Gasteiger partial charge is 0.394 e. The van der Waals surface area contributed by atoms with Gasteiger partial charge in [0.2, 0.25) is 0 Å². The molecule has 2 aliphatic rings. The number of H-pyrrole nitrogens is 2. The van der Waals surface area contributed by atoms with Gasteiger partial charge in [0.05, 0.1) is 23.7 Å². The molecule has 1 saturated carbocycles. The van der Waals surface area contributed by atoms with E-state index in [2.05, 4.69) is 15.2 Å². The van der Waals surface area contributed by atoms with Crippen LogP contribution in [0.15, 0.2) is 18.2 Å². The van der Waals surface area contributed by atoms with Crippen LogP contribution in [-0.2, 0) is 13.0 Å². The van der Waals surface area contributed by atoms with E-state index in [0.717, 1.165) is 18.5 Å². The Balaban J connectivity index is 1.41. The zero-order valence-electron chi connectivity index (χ0n) is 16.8. The molecule has 2 aromatic heterocycles. The van der Waals surface area contributed by atoms with E-state index < -0.39 is 11.4 Å². The average molecular weight is 446 g/mol. The van der Waals surface area contributed by atoms with E-state index >= 15 is 0 Å². The Kier molecular flexibility index (Phi) is 4.56. The molecule has 1 fully saturated rings. The number of aromatic nitrogens is 3. The van der Waals surface area contributed by atoms with E-state index in [1.165, 1.54) is 6.07 Å². The average Bonchev–Trinajstić information content (AvgIpc) is 3.27. The summed E-state index contributed by atoms with van der Waals surface area (Å²) in [6.45, 7) is 0.592. The molecular formula is C21H21ClFN5O3. The number of halogens is 2. The standard InChI is InChI=1S/C21H21ClFN5O3/c1-27(21(10-29)5-6-21)20(31)18-12-9-28(7-4-15(12)25-26-18)19(30)16-8-11-14(24-16)3-2-13(23)17(11)22/h2-3,8,24,29H,4-7,9-10H2,1H3,(H,25,26). The molecule has 5 rings (SSSR count). The van der Waals surface area contributed by atoms with E-state index in [0.29, 0.717) is 35.1 Å². The topological polar surface area (TPSA) is 105 Å². The van der Waals surface area contributed by atoms with Crippen molar-refractivity contribution in [3.05, 3.63) is 51.7 Å². The highest BCUT2D eigenvalue weighted by Gasteiger charge is 2.49. The van der Waals surface area contributed by atoms with Gasteiger partial charge in [-0.2, -0.15) is 5.10 Å². The molecular weight excluding hydrogens is 425 g/mol. The Hall–Kier alpha value is -2.91. The Morgan fingerprint density at radius 3 is 2.87 bits per heavy atom. The van der Waals surface area contributed by atoms with E-state index in [4.69, 9.17) is 11.6 Å². The fourth-order valence-corrected chi connectivity index (χ4v) is 4.41. The lowest BCUT2D eigenvalue weighted by Crippen LogP contribution is -2.42. The van der Waals surface area contributed by atoms with Crippen LogP contribution in [0.5, 0.6) is 0 Å². The maximum atomic E-state index is 13.7. The highest BCUT2D eigenvalue weighted by atomic mass is 35.5. The molecule has 8 nitrogen and oxygen atoms in total. The van der Waals surface area contributed by atoms with Gasteiger partial charge in [0.25, 0.3) is 11.8 Å². The van der Waals surface area contributed by atoms with Crippen molar-refractivity contribution in [2.75, 3.05) is 20.2 Å². The number of hydrogen-bond donors (Lipinski definition) is 3. The summed E-state index contributed by atoms with van der Waals surface area (Å²) in [5.41, 5.74) is 2.16. The summed E-state index contributed by atoms with van der Waals surface area (Å²) in [7, 11) is 1.67. The molecule has 0 unspecified atom stereocenters. The van der Waals surface area contributed by atoms with E-state index in [-0.39, 0.29) is 35.7 Å². The Morgan fingerprint density at radius 1 is 1.39 bits per heavy atom. The second-order valence-electron chi connectivity index (χ2n) is 8.26. The van der Waals surface area contributed by atoms with Crippen molar-refractivity contribution in [1.29, 1.82) is 0 Å². The van der Waals surface area contributed by atoms with Crippen LogP contribution in [0.4, 0.5) is 4.39 Å². The summed E-state index contributed by atoms with van der Waals surface area (Å²) in [5, 5.41) is 17.2. The molecule has 10 heteroatoms. The van der Waals surface area contributed by atoms with Crippen molar-refractivity contribution >= 4 is 34.3 Å². The Labute approximate surface area is 182 Å². The number of carbonyl (C=O) groups excluding carboxylic acids is 2. The normalized spacial score (nSPS) is 17.0. The lowest BCUT2D eigenvalue weighted by Gasteiger charge is -2.29. The zero-order chi connectivity index (χ0) is 21.9. The van der Waals surface area contributed by atoms with Gasteiger partial charge in [-0.05, 0) is 31.0 Å². The van der Waals surface area contributed by atoms with Crippen molar-refractivity contribution in [3.8, 4) is 0 Å². The van der Waals surface area contributed by atoms with Crippen LogP contribution in [0.2, 0.25) is 5.02 Å². The summed E-state index contributed by atoms with van der Waals surface area (Å²) in [5.74, 6) is -1.08. The molecule has 0 saturated heterocycles. The molecule has 3 aromatic rings. The molecule has 0 bridgehead atoms. The first-order valence-electron chi connectivity index (χ1n) is 10.1. The number of carbonyl (C=O) groups is 2. The minimum absolute atomic E-state index is 0.0302. The van der Waals surface area contributed by atoms with Crippen molar-refractivity contribution in [3.63, 3.8) is 0 Å². The fraction of sp³-hybridized carbons (Fsp3) is 0.381. The predicted molar refractivity (Wildman–Crippen MR) is 111 cm³/mol. The second kappa shape index (κ2) is 7.06. The van der Waals surface area contributed by atoms with Crippen molar-refractivity contribution in [1.82, 2.24) is 25.0 Å². The van der Waals surface area contributed by atoms with Crippen LogP contribution in [0.25, 0.3) is 10.9 Å². The number of fused-ring (bicyclic) bond motifs is 2. The molecule has 0 radical (unpaired) electrons. The van der Waals surface area contributed by atoms with E-state index in [9.17, 15) is 19.1 Å². The van der Waals surface area contributed by atoms with E-state index in [1.54, 1.807) is 29.0 Å². The molecule has 0 atom stereocenters. The molecule has 3 N–H and O–H groups in total. The molecule has 2 amide bonds. The summed E-state index contributed by atoms with van der Waals surface area (Å²) in [4.78, 5) is 32.3. The number of aliphatic hydroxyl groups is 1. The minimum atomic E-state index is -0.545. The Morgan fingerprint density at radius 2 is 2.16 bits per heavy atom. The van der Waals surface area contributed by atoms with Crippen LogP contribution in [-0.4, -0.2) is 67.6 Å². The molecule has 1 aromatic carbocycles. The SMILES string of the molecule is CN(C(=O)c1n[nH]c2c1CN(C(=O)c1cc3c(Cl)c(F)ccc3[nH]1)CC2)C1(CO)CC1. The highest BCUT2D eigenvalue weighted by molar-refractivity contribution is 6.35. The maximum absolute atomic E-state index is 13.7. The maximum Gasteiger partial charge on any atom is 0.274 e. The Bertz CT molecular complexity index is 1220. The van der Waals surface area contributed by atoms with Crippen LogP contribution in [0, 0.1) is 5.82 Å². The summed E-state index contributed by atoms with van der Waals surface area (Å²) in [6, 6.07) is 4.34. The number of amides is 2. The van der Waals surface area contributed by atoms with Crippen LogP contribution < -0.4 is 0 Å². The van der Waals surface area contributed by atoms with Gasteiger partial charge in [-0.3, -0.25) is 14.7 Å². The first kappa shape index (κ1) is 20.0. The number of aliphatic hydroxyl groups excluding tert-OH is 1. The van der Waals surface area contributed by atoms with Crippen LogP contribution >= 0.6 is 11.6 Å². The third kappa shape index (κ3) is 3.11. The van der Waals surface area contributed by atoms with Gasteiger partial charge in [0.15, 0.2) is 5.69 Å². The molecule has 0 spiro atoms. The van der Waals surface area contributed by atoms with Gasteiger partial charge in [-0.25, -0.2) is 4.39 Å². The highest BCUT2D eigenvalue weighted by Crippen LogP contribution is 2.41. The summed E-state index contributed by atoms with van der Waals surface area (Å²) < 4.78 is 13.7. The number of aromatic amines is 2. The van der Waals surface area contributed by atoms with Crippen molar-refractivity contribution < 1.29 is 19.1 Å². The van der Waals surface area contributed by atoms with Gasteiger partial charge in [-0.1, -0.05) is 11.6 Å². The number of benzene rings is 1. The van der Waals surface area contributed by atoms with Gasteiger partial charge < -0.3 is 19.9 Å². The number of nitrogens with zero attached hydrogens (tertiary/aromatic N) is 3. The number of hydrogen-bond acceptors (Lipinski definition) is 4. The third-order valence-corrected chi connectivity index (χ3v) is 6.87. The summed E-state index contributed by atoms with van der Waals surface area (Å²) >= 11 is 6.03. The predicted octanol–water partition coefficient (Wildman–Crippen LogP) is 2.48. The molecule has 162 valence electrons. The van der Waals surface area contributed by atoms with Gasteiger partial charge in [0.1, 0.15) is 11.5 Å². The second-order valence-corrected chi connectivity index (χ2v) is 8.64. The van der Waals surface area contributed by atoms with Gasteiger partial charge in [-0.15, -0.1) is 0 Å². The first-order chi connectivity index (χ1) is 14.8. The number of likely N-dealkylation sites (N-methyl/N-ethyl adjacent to an activating group) is 1. The number of nitrogens with one attached hydrogen (secondary N) is 2. The zero-order valence-corrected chi connectivity index (χ0v) is 17.6. The van der Waals surface area contributed by atoms with Crippen molar-refractivity contribution in [2.24, 2.45) is 0 Å². The quantitative estimate of drug-likeness (QED) is 0.573. The minimum Gasteiger partial charge on any atom is -0.394 e. The molecule has 3 heterocycles. The van der Waals surface area contributed by atoms with Gasteiger partial charge in [0, 0.05) is 42.2 Å². The van der Waals surface area contributed by atoms with E-state index in [1.807, 2.05) is 0 Å². The monoisotopic (exact) mass is 445 g/mol. The fourth-order valence-electron chi connectivity index (χ4n) is 4.19. The lowest BCUT2D eigenvalue weighted by molar-refractivity contribution is 0.0607. The van der Waals surface area contributed by atoms with Crippen LogP contribution in [0.3, 0.4) is 0 Å². The first-order valence-corrected chi connectivity index (χ1v) is 10.4. The van der Waals surface area contributed by atoms with Gasteiger partial charge >= 0.3 is 0 Å². The lowest BCUT2D eigenvalue weighted by atomic mass is 10.0. The third-order valence-electron chi connectivity index (χ3n) is 6.48. The molecule has 31 heavy (non-hydrogen) atoms. The van der Waals surface area contributed by atoms with Crippen LogP contribution in [0.1, 0.15) is 45.1 Å². The van der Waals surface area contributed by atoms with Crippen molar-refractivity contribution in [2.45, 2.75) is 31.3 Å². The smallest absolute Gasteiger partial charge is 0.274 e. The number of rotatable bonds is 4. The summed E-state index contributed by atoms with van der Waals surface area (Å²) in [6.07, 6.45) is 2.05. The molecule has 1 aliphatic heterocycles. The molecule has 1 aliphatic carbocycles.